The number of anilines is 2. The lowest BCUT2D eigenvalue weighted by Gasteiger charge is -2.23. The summed E-state index contributed by atoms with van der Waals surface area (Å²) in [7, 11) is 2.51. The van der Waals surface area contributed by atoms with Crippen LogP contribution in [0.1, 0.15) is 0 Å². The summed E-state index contributed by atoms with van der Waals surface area (Å²) >= 11 is 1.37. The van der Waals surface area contributed by atoms with Crippen molar-refractivity contribution in [1.82, 2.24) is 4.98 Å². The van der Waals surface area contributed by atoms with E-state index in [1.165, 1.54) is 31.6 Å². The Morgan fingerprint density at radius 1 is 1.16 bits per heavy atom. The average Bonchev–Trinajstić information content (AvgIpc) is 2.85. The fourth-order valence-corrected chi connectivity index (χ4v) is 3.16. The van der Waals surface area contributed by atoms with Crippen molar-refractivity contribution in [1.29, 1.82) is 0 Å². The number of hydrogen-bond donors (Lipinski definition) is 1. The standard InChI is InChI=1S/C17H15N3O4S/c1-23-15(21)11-5-3-4-8-20(14(11)16(22)24-2)10-6-7-13-12(9-10)19-17(18)25-13/h3-9H,1-2H3,(H2,18,19). The van der Waals surface area contributed by atoms with Crippen LogP contribution in [-0.2, 0) is 19.1 Å². The molecule has 0 unspecified atom stereocenters. The molecular formula is C17H15N3O4S. The molecule has 7 nitrogen and oxygen atoms in total. The van der Waals surface area contributed by atoms with E-state index in [4.69, 9.17) is 15.2 Å². The Hall–Kier alpha value is -3.13. The van der Waals surface area contributed by atoms with Crippen molar-refractivity contribution < 1.29 is 19.1 Å². The number of hydrogen-bond acceptors (Lipinski definition) is 8. The fraction of sp³-hybridized carbons (Fsp3) is 0.118. The minimum atomic E-state index is -0.658. The Kier molecular flexibility index (Phi) is 4.53. The number of rotatable bonds is 3. The highest BCUT2D eigenvalue weighted by atomic mass is 32.1. The topological polar surface area (TPSA) is 94.8 Å². The van der Waals surface area contributed by atoms with E-state index in [1.54, 1.807) is 29.3 Å². The van der Waals surface area contributed by atoms with Crippen LogP contribution in [0.25, 0.3) is 10.2 Å². The third kappa shape index (κ3) is 3.11. The van der Waals surface area contributed by atoms with Gasteiger partial charge in [-0.05, 0) is 30.4 Å². The summed E-state index contributed by atoms with van der Waals surface area (Å²) in [5.74, 6) is -1.29. The van der Waals surface area contributed by atoms with Crippen molar-refractivity contribution in [3.05, 3.63) is 53.9 Å². The number of methoxy groups -OCH3 is 2. The van der Waals surface area contributed by atoms with Crippen LogP contribution in [0.5, 0.6) is 0 Å². The summed E-state index contributed by atoms with van der Waals surface area (Å²) in [5, 5.41) is 0.458. The molecule has 2 heterocycles. The number of thiazole rings is 1. The Balaban J connectivity index is 2.18. The zero-order valence-electron chi connectivity index (χ0n) is 13.6. The zero-order valence-corrected chi connectivity index (χ0v) is 14.4. The van der Waals surface area contributed by atoms with Crippen molar-refractivity contribution >= 4 is 44.3 Å². The van der Waals surface area contributed by atoms with Crippen molar-refractivity contribution in [3.8, 4) is 0 Å². The average molecular weight is 357 g/mol. The quantitative estimate of drug-likeness (QED) is 0.843. The number of ether oxygens (including phenoxy) is 2. The minimum Gasteiger partial charge on any atom is -0.465 e. The summed E-state index contributed by atoms with van der Waals surface area (Å²) in [6.45, 7) is 0. The SMILES string of the molecule is COC(=O)C1=C(C(=O)OC)N(c2ccc3sc(N)nc3c2)C=CC=C1. The summed E-state index contributed by atoms with van der Waals surface area (Å²) in [5.41, 5.74) is 7.24. The molecule has 8 heteroatoms. The predicted molar refractivity (Wildman–Crippen MR) is 95.8 cm³/mol. The lowest BCUT2D eigenvalue weighted by atomic mass is 10.1. The molecule has 0 bridgehead atoms. The monoisotopic (exact) mass is 357 g/mol. The van der Waals surface area contributed by atoms with Gasteiger partial charge >= 0.3 is 11.9 Å². The molecule has 2 aromatic rings. The van der Waals surface area contributed by atoms with Gasteiger partial charge < -0.3 is 20.1 Å². The number of esters is 2. The Morgan fingerprint density at radius 3 is 2.64 bits per heavy atom. The van der Waals surface area contributed by atoms with Crippen LogP contribution in [0, 0.1) is 0 Å². The lowest BCUT2D eigenvalue weighted by Crippen LogP contribution is -2.26. The van der Waals surface area contributed by atoms with Gasteiger partial charge in [0.25, 0.3) is 0 Å². The minimum absolute atomic E-state index is 0.0573. The highest BCUT2D eigenvalue weighted by molar-refractivity contribution is 7.22. The van der Waals surface area contributed by atoms with E-state index >= 15 is 0 Å². The van der Waals surface area contributed by atoms with Gasteiger partial charge in [-0.1, -0.05) is 17.4 Å². The van der Waals surface area contributed by atoms with Gasteiger partial charge in [0, 0.05) is 11.9 Å². The lowest BCUT2D eigenvalue weighted by molar-refractivity contribution is -0.139. The Morgan fingerprint density at radius 2 is 1.92 bits per heavy atom. The maximum Gasteiger partial charge on any atom is 0.355 e. The van der Waals surface area contributed by atoms with Crippen LogP contribution in [0.4, 0.5) is 10.8 Å². The van der Waals surface area contributed by atoms with Crippen LogP contribution in [0.15, 0.2) is 53.9 Å². The van der Waals surface area contributed by atoms with Gasteiger partial charge in [-0.25, -0.2) is 14.6 Å². The second-order valence-corrected chi connectivity index (χ2v) is 6.08. The van der Waals surface area contributed by atoms with Gasteiger partial charge in [0.1, 0.15) is 5.70 Å². The largest absolute Gasteiger partial charge is 0.465 e. The predicted octanol–water partition coefficient (Wildman–Crippen LogP) is 2.37. The number of fused-ring (bicyclic) bond motifs is 1. The molecule has 0 atom stereocenters. The molecule has 1 aliphatic heterocycles. The number of allylic oxidation sites excluding steroid dienone is 2. The molecule has 1 aromatic heterocycles. The third-order valence-electron chi connectivity index (χ3n) is 3.56. The molecule has 1 aromatic carbocycles. The molecule has 3 rings (SSSR count). The number of nitrogens with two attached hydrogens (primary N) is 1. The molecule has 1 aliphatic rings. The van der Waals surface area contributed by atoms with Gasteiger partial charge in [0.05, 0.1) is 30.0 Å². The Labute approximate surface area is 147 Å². The van der Waals surface area contributed by atoms with Gasteiger partial charge in [0.15, 0.2) is 5.13 Å². The first kappa shape index (κ1) is 16.7. The number of carbonyl (C=O) groups is 2. The first-order valence-electron chi connectivity index (χ1n) is 7.26. The number of carbonyl (C=O) groups excluding carboxylic acids is 2. The molecule has 0 amide bonds. The highest BCUT2D eigenvalue weighted by Crippen LogP contribution is 2.31. The van der Waals surface area contributed by atoms with Crippen molar-refractivity contribution in [3.63, 3.8) is 0 Å². The summed E-state index contributed by atoms with van der Waals surface area (Å²) in [6, 6.07) is 5.46. The first-order valence-corrected chi connectivity index (χ1v) is 8.08. The summed E-state index contributed by atoms with van der Waals surface area (Å²) in [4.78, 5) is 30.3. The van der Waals surface area contributed by atoms with Crippen LogP contribution in [-0.4, -0.2) is 31.1 Å². The molecule has 25 heavy (non-hydrogen) atoms. The molecule has 0 spiro atoms. The first-order chi connectivity index (χ1) is 12.0. The number of aromatic nitrogens is 1. The molecular weight excluding hydrogens is 342 g/mol. The van der Waals surface area contributed by atoms with Crippen molar-refractivity contribution in [2.24, 2.45) is 0 Å². The highest BCUT2D eigenvalue weighted by Gasteiger charge is 2.27. The molecule has 2 N–H and O–H groups in total. The van der Waals surface area contributed by atoms with Gasteiger partial charge in [-0.15, -0.1) is 0 Å². The summed E-state index contributed by atoms with van der Waals surface area (Å²) < 4.78 is 10.6. The third-order valence-corrected chi connectivity index (χ3v) is 4.42. The number of benzene rings is 1. The normalized spacial score (nSPS) is 13.9. The maximum atomic E-state index is 12.4. The van der Waals surface area contributed by atoms with E-state index < -0.39 is 11.9 Å². The zero-order chi connectivity index (χ0) is 18.0. The Bertz CT molecular complexity index is 943. The smallest absolute Gasteiger partial charge is 0.355 e. The molecule has 0 saturated heterocycles. The van der Waals surface area contributed by atoms with E-state index in [9.17, 15) is 9.59 Å². The number of nitrogen functional groups attached to an aromatic ring is 1. The molecule has 0 saturated carbocycles. The second-order valence-electron chi connectivity index (χ2n) is 5.02. The maximum absolute atomic E-state index is 12.4. The molecule has 0 radical (unpaired) electrons. The van der Waals surface area contributed by atoms with Gasteiger partial charge in [-0.3, -0.25) is 0 Å². The second kappa shape index (κ2) is 6.78. The van der Waals surface area contributed by atoms with Crippen LogP contribution < -0.4 is 10.6 Å². The van der Waals surface area contributed by atoms with Gasteiger partial charge in [0.2, 0.25) is 0 Å². The van der Waals surface area contributed by atoms with Crippen molar-refractivity contribution in [2.45, 2.75) is 0 Å². The van der Waals surface area contributed by atoms with E-state index in [1.807, 2.05) is 12.1 Å². The van der Waals surface area contributed by atoms with Crippen LogP contribution in [0.2, 0.25) is 0 Å². The summed E-state index contributed by atoms with van der Waals surface area (Å²) in [6.07, 6.45) is 6.52. The van der Waals surface area contributed by atoms with Gasteiger partial charge in [-0.2, -0.15) is 0 Å². The van der Waals surface area contributed by atoms with Crippen LogP contribution in [0.3, 0.4) is 0 Å². The molecule has 0 aliphatic carbocycles. The molecule has 128 valence electrons. The van der Waals surface area contributed by atoms with Crippen LogP contribution >= 0.6 is 11.3 Å². The number of nitrogens with zero attached hydrogens (tertiary/aromatic N) is 2. The molecule has 0 fully saturated rings. The van der Waals surface area contributed by atoms with E-state index in [0.717, 1.165) is 4.70 Å². The van der Waals surface area contributed by atoms with Crippen molar-refractivity contribution in [2.75, 3.05) is 24.9 Å². The van der Waals surface area contributed by atoms with E-state index in [2.05, 4.69) is 4.98 Å². The van der Waals surface area contributed by atoms with E-state index in [0.29, 0.717) is 16.3 Å². The fourth-order valence-electron chi connectivity index (χ4n) is 2.45. The van der Waals surface area contributed by atoms with E-state index in [-0.39, 0.29) is 11.3 Å².